The second kappa shape index (κ2) is 4.00. The molecule has 2 heterocycles. The molecule has 1 unspecified atom stereocenters. The van der Waals surface area contributed by atoms with Crippen LogP contribution in [0.25, 0.3) is 0 Å². The third-order valence-electron chi connectivity index (χ3n) is 2.95. The minimum atomic E-state index is 0.0201. The van der Waals surface area contributed by atoms with Crippen LogP contribution in [0.2, 0.25) is 0 Å². The van der Waals surface area contributed by atoms with E-state index in [9.17, 15) is 4.79 Å². The monoisotopic (exact) mass is 291 g/mol. The van der Waals surface area contributed by atoms with E-state index >= 15 is 0 Å². The van der Waals surface area contributed by atoms with Crippen LogP contribution >= 0.6 is 15.9 Å². The van der Waals surface area contributed by atoms with Gasteiger partial charge in [0.05, 0.1) is 6.20 Å². The number of hydrogen-bond acceptors (Lipinski definition) is 2. The van der Waals surface area contributed by atoms with E-state index in [2.05, 4.69) is 31.4 Å². The Balaban J connectivity index is 2.08. The van der Waals surface area contributed by atoms with Crippen molar-refractivity contribution in [3.05, 3.63) is 46.1 Å². The van der Waals surface area contributed by atoms with Crippen LogP contribution in [0.3, 0.4) is 0 Å². The molecule has 2 aromatic rings. The largest absolute Gasteiger partial charge is 0.311 e. The van der Waals surface area contributed by atoms with Crippen LogP contribution in [0, 0.1) is 0 Å². The quantitative estimate of drug-likeness (QED) is 0.849. The first-order chi connectivity index (χ1) is 8.24. The molecule has 0 spiro atoms. The topological polar surface area (TPSA) is 57.8 Å². The van der Waals surface area contributed by atoms with Crippen LogP contribution in [0.15, 0.2) is 34.9 Å². The first kappa shape index (κ1) is 10.5. The van der Waals surface area contributed by atoms with Gasteiger partial charge in [0, 0.05) is 22.4 Å². The van der Waals surface area contributed by atoms with Gasteiger partial charge in [-0.15, -0.1) is 0 Å². The molecular weight excluding hydrogens is 282 g/mol. The van der Waals surface area contributed by atoms with Crippen molar-refractivity contribution in [1.29, 1.82) is 0 Å². The molecule has 0 saturated heterocycles. The molecule has 0 fully saturated rings. The van der Waals surface area contributed by atoms with Crippen molar-refractivity contribution in [3.8, 4) is 0 Å². The van der Waals surface area contributed by atoms with Crippen molar-refractivity contribution in [2.75, 3.05) is 5.32 Å². The van der Waals surface area contributed by atoms with Gasteiger partial charge in [-0.3, -0.25) is 9.89 Å². The Morgan fingerprint density at radius 2 is 2.29 bits per heavy atom. The SMILES string of the molecule is O=C1CC(c2cccc(Br)c2)c2cn[nH]c2N1. The minimum absolute atomic E-state index is 0.0201. The van der Waals surface area contributed by atoms with E-state index in [1.807, 2.05) is 24.3 Å². The van der Waals surface area contributed by atoms with E-state index in [-0.39, 0.29) is 11.8 Å². The molecule has 3 rings (SSSR count). The molecule has 4 nitrogen and oxygen atoms in total. The second-order valence-electron chi connectivity index (χ2n) is 4.06. The Kier molecular flexibility index (Phi) is 2.48. The zero-order chi connectivity index (χ0) is 11.8. The lowest BCUT2D eigenvalue weighted by atomic mass is 9.87. The van der Waals surface area contributed by atoms with Crippen LogP contribution in [0.4, 0.5) is 5.82 Å². The number of anilines is 1. The van der Waals surface area contributed by atoms with Gasteiger partial charge in [-0.2, -0.15) is 5.10 Å². The number of benzene rings is 1. The molecule has 0 radical (unpaired) electrons. The Bertz CT molecular complexity index is 579. The van der Waals surface area contributed by atoms with E-state index in [0.29, 0.717) is 12.2 Å². The Hall–Kier alpha value is -1.62. The first-order valence-corrected chi connectivity index (χ1v) is 6.12. The van der Waals surface area contributed by atoms with E-state index in [1.54, 1.807) is 6.20 Å². The van der Waals surface area contributed by atoms with Gasteiger partial charge in [0.1, 0.15) is 5.82 Å². The van der Waals surface area contributed by atoms with Crippen molar-refractivity contribution in [2.24, 2.45) is 0 Å². The number of carbonyl (C=O) groups is 1. The van der Waals surface area contributed by atoms with Crippen molar-refractivity contribution >= 4 is 27.7 Å². The zero-order valence-corrected chi connectivity index (χ0v) is 10.5. The fourth-order valence-corrected chi connectivity index (χ4v) is 2.58. The highest BCUT2D eigenvalue weighted by Crippen LogP contribution is 2.36. The van der Waals surface area contributed by atoms with Crippen LogP contribution in [-0.2, 0) is 4.79 Å². The average molecular weight is 292 g/mol. The van der Waals surface area contributed by atoms with Crippen LogP contribution < -0.4 is 5.32 Å². The fourth-order valence-electron chi connectivity index (χ4n) is 2.17. The van der Waals surface area contributed by atoms with Gasteiger partial charge in [0.2, 0.25) is 5.91 Å². The smallest absolute Gasteiger partial charge is 0.226 e. The molecule has 86 valence electrons. The summed E-state index contributed by atoms with van der Waals surface area (Å²) in [6.07, 6.45) is 2.24. The number of aromatic amines is 1. The van der Waals surface area contributed by atoms with Gasteiger partial charge < -0.3 is 5.32 Å². The molecular formula is C12H10BrN3O. The number of rotatable bonds is 1. The van der Waals surface area contributed by atoms with Crippen molar-refractivity contribution < 1.29 is 4.79 Å². The number of hydrogen-bond donors (Lipinski definition) is 2. The number of aromatic nitrogens is 2. The highest BCUT2D eigenvalue weighted by atomic mass is 79.9. The molecule has 1 aliphatic heterocycles. The standard InChI is InChI=1S/C12H10BrN3O/c13-8-3-1-2-7(4-8)9-5-11(17)15-12-10(9)6-14-16-12/h1-4,6,9H,5H2,(H2,14,15,16,17). The van der Waals surface area contributed by atoms with Gasteiger partial charge in [0.15, 0.2) is 0 Å². The molecule has 0 aliphatic carbocycles. The van der Waals surface area contributed by atoms with Gasteiger partial charge in [-0.1, -0.05) is 28.1 Å². The van der Waals surface area contributed by atoms with E-state index < -0.39 is 0 Å². The summed E-state index contributed by atoms with van der Waals surface area (Å²) in [5.41, 5.74) is 2.17. The van der Waals surface area contributed by atoms with Gasteiger partial charge >= 0.3 is 0 Å². The molecule has 1 aromatic heterocycles. The lowest BCUT2D eigenvalue weighted by Gasteiger charge is -2.22. The molecule has 1 atom stereocenters. The molecule has 1 aliphatic rings. The molecule has 1 aromatic carbocycles. The number of carbonyl (C=O) groups excluding carboxylic acids is 1. The fraction of sp³-hybridized carbons (Fsp3) is 0.167. The summed E-state index contributed by atoms with van der Waals surface area (Å²) in [4.78, 5) is 11.6. The van der Waals surface area contributed by atoms with Gasteiger partial charge in [-0.25, -0.2) is 0 Å². The summed E-state index contributed by atoms with van der Waals surface area (Å²) >= 11 is 3.45. The van der Waals surface area contributed by atoms with Gasteiger partial charge in [-0.05, 0) is 17.7 Å². The predicted molar refractivity (Wildman–Crippen MR) is 67.8 cm³/mol. The van der Waals surface area contributed by atoms with Crippen molar-refractivity contribution in [1.82, 2.24) is 10.2 Å². The molecule has 1 amide bonds. The highest BCUT2D eigenvalue weighted by Gasteiger charge is 2.27. The number of fused-ring (bicyclic) bond motifs is 1. The third-order valence-corrected chi connectivity index (χ3v) is 3.44. The number of amides is 1. The van der Waals surface area contributed by atoms with E-state index in [4.69, 9.17) is 0 Å². The van der Waals surface area contributed by atoms with E-state index in [0.717, 1.165) is 15.6 Å². The second-order valence-corrected chi connectivity index (χ2v) is 4.98. The maximum absolute atomic E-state index is 11.6. The van der Waals surface area contributed by atoms with Crippen LogP contribution in [0.5, 0.6) is 0 Å². The van der Waals surface area contributed by atoms with Crippen molar-refractivity contribution in [3.63, 3.8) is 0 Å². The maximum Gasteiger partial charge on any atom is 0.226 e. The lowest BCUT2D eigenvalue weighted by Crippen LogP contribution is -2.22. The lowest BCUT2D eigenvalue weighted by molar-refractivity contribution is -0.116. The predicted octanol–water partition coefficient (Wildman–Crippen LogP) is 2.65. The number of halogens is 1. The Morgan fingerprint density at radius 3 is 3.12 bits per heavy atom. The first-order valence-electron chi connectivity index (χ1n) is 5.32. The average Bonchev–Trinajstić information content (AvgIpc) is 2.75. The normalized spacial score (nSPS) is 18.6. The number of nitrogens with one attached hydrogen (secondary N) is 2. The molecule has 0 bridgehead atoms. The number of H-pyrrole nitrogens is 1. The summed E-state index contributed by atoms with van der Waals surface area (Å²) in [5.74, 6) is 0.813. The third kappa shape index (κ3) is 1.86. The summed E-state index contributed by atoms with van der Waals surface area (Å²) in [6.45, 7) is 0. The Morgan fingerprint density at radius 1 is 1.41 bits per heavy atom. The van der Waals surface area contributed by atoms with Crippen LogP contribution in [0.1, 0.15) is 23.5 Å². The zero-order valence-electron chi connectivity index (χ0n) is 8.90. The molecule has 17 heavy (non-hydrogen) atoms. The summed E-state index contributed by atoms with van der Waals surface area (Å²) in [5, 5.41) is 9.58. The van der Waals surface area contributed by atoms with Crippen LogP contribution in [-0.4, -0.2) is 16.1 Å². The molecule has 5 heteroatoms. The summed E-state index contributed by atoms with van der Waals surface area (Å²) in [7, 11) is 0. The molecule has 0 saturated carbocycles. The summed E-state index contributed by atoms with van der Waals surface area (Å²) in [6, 6.07) is 8.03. The molecule has 2 N–H and O–H groups in total. The van der Waals surface area contributed by atoms with Gasteiger partial charge in [0.25, 0.3) is 0 Å². The van der Waals surface area contributed by atoms with E-state index in [1.165, 1.54) is 0 Å². The maximum atomic E-state index is 11.6. The minimum Gasteiger partial charge on any atom is -0.311 e. The highest BCUT2D eigenvalue weighted by molar-refractivity contribution is 9.10. The summed E-state index contributed by atoms with van der Waals surface area (Å²) < 4.78 is 1.02. The number of nitrogens with zero attached hydrogens (tertiary/aromatic N) is 1. The van der Waals surface area contributed by atoms with Crippen molar-refractivity contribution in [2.45, 2.75) is 12.3 Å². The Labute approximate surface area is 107 Å².